The Morgan fingerprint density at radius 3 is 1.80 bits per heavy atom. The molecule has 0 aliphatic rings. The van der Waals surface area contributed by atoms with Gasteiger partial charge in [-0.15, -0.1) is 11.3 Å². The van der Waals surface area contributed by atoms with E-state index in [1.54, 1.807) is 0 Å². The summed E-state index contributed by atoms with van der Waals surface area (Å²) in [6, 6.07) is 72.2. The molecule has 0 saturated carbocycles. The molecule has 0 N–H and O–H groups in total. The summed E-state index contributed by atoms with van der Waals surface area (Å²) in [5.74, 6) is 0. The molecule has 0 unspecified atom stereocenters. The van der Waals surface area contributed by atoms with E-state index in [2.05, 4.69) is 199 Å². The lowest BCUT2D eigenvalue weighted by molar-refractivity contribution is 0.670. The lowest BCUT2D eigenvalue weighted by Crippen LogP contribution is -2.12. The van der Waals surface area contributed by atoms with Gasteiger partial charge >= 0.3 is 0 Å². The largest absolute Gasteiger partial charge is 0.455 e. The van der Waals surface area contributed by atoms with Crippen LogP contribution in [0.1, 0.15) is 0 Å². The topological polar surface area (TPSA) is 16.4 Å². The maximum Gasteiger partial charge on any atom is 0.143 e. The Balaban J connectivity index is 1.18. The molecule has 0 aliphatic carbocycles. The highest BCUT2D eigenvalue weighted by Gasteiger charge is 2.23. The molecule has 0 amide bonds. The fourth-order valence-corrected chi connectivity index (χ4v) is 9.65. The molecule has 0 fully saturated rings. The van der Waals surface area contributed by atoms with Crippen molar-refractivity contribution in [3.05, 3.63) is 200 Å². The number of rotatable bonds is 6. The molecule has 9 aromatic carbocycles. The second-order valence-electron chi connectivity index (χ2n) is 14.0. The predicted octanol–water partition coefficient (Wildman–Crippen LogP) is 15.6. The highest BCUT2D eigenvalue weighted by molar-refractivity contribution is 7.26. The second kappa shape index (κ2) is 12.9. The first kappa shape index (κ1) is 31.6. The molecule has 0 saturated heterocycles. The van der Waals surface area contributed by atoms with Crippen molar-refractivity contribution in [3.8, 4) is 33.4 Å². The van der Waals surface area contributed by atoms with Gasteiger partial charge in [0.1, 0.15) is 11.2 Å². The highest BCUT2D eigenvalue weighted by atomic mass is 32.1. The fraction of sp³-hybridized carbons (Fsp3) is 0. The van der Waals surface area contributed by atoms with E-state index in [0.29, 0.717) is 0 Å². The van der Waals surface area contributed by atoms with Gasteiger partial charge in [-0.25, -0.2) is 0 Å². The molecule has 0 bridgehead atoms. The summed E-state index contributed by atoms with van der Waals surface area (Å²) in [6.45, 7) is 0. The maximum absolute atomic E-state index is 6.65. The summed E-state index contributed by atoms with van der Waals surface area (Å²) >= 11 is 1.87. The lowest BCUT2D eigenvalue weighted by Gasteiger charge is -2.30. The number of benzene rings is 9. The van der Waals surface area contributed by atoms with Crippen molar-refractivity contribution in [2.75, 3.05) is 4.90 Å². The van der Waals surface area contributed by atoms with Gasteiger partial charge in [-0.1, -0.05) is 164 Å². The van der Waals surface area contributed by atoms with Crippen LogP contribution in [-0.4, -0.2) is 0 Å². The van der Waals surface area contributed by atoms with E-state index in [1.165, 1.54) is 47.6 Å². The Morgan fingerprint density at radius 1 is 0.382 bits per heavy atom. The minimum Gasteiger partial charge on any atom is -0.455 e. The van der Waals surface area contributed by atoms with E-state index in [-0.39, 0.29) is 0 Å². The Bertz CT molecular complexity index is 3240. The molecule has 2 aromatic heterocycles. The average molecular weight is 720 g/mol. The zero-order valence-corrected chi connectivity index (χ0v) is 30.6. The summed E-state index contributed by atoms with van der Waals surface area (Å²) in [4.78, 5) is 2.45. The van der Waals surface area contributed by atoms with Crippen molar-refractivity contribution in [1.29, 1.82) is 0 Å². The Kier molecular flexibility index (Phi) is 7.39. The molecule has 2 heterocycles. The van der Waals surface area contributed by atoms with Gasteiger partial charge in [0.2, 0.25) is 0 Å². The van der Waals surface area contributed by atoms with Crippen molar-refractivity contribution in [1.82, 2.24) is 0 Å². The van der Waals surface area contributed by atoms with Crippen LogP contribution in [0.2, 0.25) is 0 Å². The van der Waals surface area contributed by atoms with Crippen LogP contribution in [0, 0.1) is 0 Å². The summed E-state index contributed by atoms with van der Waals surface area (Å²) < 4.78 is 9.26. The molecule has 11 aromatic rings. The average Bonchev–Trinajstić information content (AvgIpc) is 3.83. The molecule has 0 radical (unpaired) electrons. The van der Waals surface area contributed by atoms with Crippen LogP contribution in [0.3, 0.4) is 0 Å². The smallest absolute Gasteiger partial charge is 0.143 e. The fourth-order valence-electron chi connectivity index (χ4n) is 8.41. The molecule has 0 spiro atoms. The van der Waals surface area contributed by atoms with E-state index >= 15 is 0 Å². The molecule has 3 heteroatoms. The van der Waals surface area contributed by atoms with Gasteiger partial charge in [-0.05, 0) is 63.9 Å². The zero-order valence-electron chi connectivity index (χ0n) is 29.8. The van der Waals surface area contributed by atoms with E-state index < -0.39 is 0 Å². The van der Waals surface area contributed by atoms with Crippen LogP contribution in [0.25, 0.3) is 86.3 Å². The number of furan rings is 1. The SMILES string of the molecule is c1cc(-c2cccc3c2sc2ccccc23)cc(N(c2ccccc2-c2cccc3ccccc23)c2ccccc2-c2cccc3c2oc2ccccc23)c1. The monoisotopic (exact) mass is 719 g/mol. The first-order valence-corrected chi connectivity index (χ1v) is 19.5. The molecule has 0 atom stereocenters. The quantitative estimate of drug-likeness (QED) is 0.170. The summed E-state index contributed by atoms with van der Waals surface area (Å²) in [6.07, 6.45) is 0. The predicted molar refractivity (Wildman–Crippen MR) is 235 cm³/mol. The number of para-hydroxylation sites is 4. The minimum atomic E-state index is 0.892. The third-order valence-electron chi connectivity index (χ3n) is 10.9. The van der Waals surface area contributed by atoms with Gasteiger partial charge < -0.3 is 9.32 Å². The van der Waals surface area contributed by atoms with E-state index in [1.807, 2.05) is 17.4 Å². The lowest BCUT2D eigenvalue weighted by atomic mass is 9.94. The molecule has 2 nitrogen and oxygen atoms in total. The normalized spacial score (nSPS) is 11.6. The third kappa shape index (κ3) is 5.16. The number of fused-ring (bicyclic) bond motifs is 7. The summed E-state index contributed by atoms with van der Waals surface area (Å²) in [5, 5.41) is 7.28. The van der Waals surface area contributed by atoms with E-state index in [0.717, 1.165) is 55.7 Å². The minimum absolute atomic E-state index is 0.892. The van der Waals surface area contributed by atoms with Crippen LogP contribution >= 0.6 is 11.3 Å². The van der Waals surface area contributed by atoms with Crippen molar-refractivity contribution < 1.29 is 4.42 Å². The van der Waals surface area contributed by atoms with Crippen LogP contribution in [-0.2, 0) is 0 Å². The molecule has 11 rings (SSSR count). The van der Waals surface area contributed by atoms with E-state index in [9.17, 15) is 0 Å². The van der Waals surface area contributed by atoms with Gasteiger partial charge in [0.05, 0.1) is 11.4 Å². The molecular weight excluding hydrogens is 687 g/mol. The van der Waals surface area contributed by atoms with Crippen LogP contribution in [0.15, 0.2) is 205 Å². The number of hydrogen-bond acceptors (Lipinski definition) is 3. The van der Waals surface area contributed by atoms with Crippen LogP contribution in [0.4, 0.5) is 17.1 Å². The molecule has 55 heavy (non-hydrogen) atoms. The van der Waals surface area contributed by atoms with Gasteiger partial charge in [0.25, 0.3) is 0 Å². The number of anilines is 3. The van der Waals surface area contributed by atoms with Gasteiger partial charge in [0, 0.05) is 53.3 Å². The maximum atomic E-state index is 6.65. The highest BCUT2D eigenvalue weighted by Crippen LogP contribution is 2.48. The second-order valence-corrected chi connectivity index (χ2v) is 15.1. The van der Waals surface area contributed by atoms with Crippen LogP contribution < -0.4 is 4.90 Å². The first-order chi connectivity index (χ1) is 27.3. The molecule has 0 aliphatic heterocycles. The van der Waals surface area contributed by atoms with Gasteiger partial charge in [-0.3, -0.25) is 0 Å². The van der Waals surface area contributed by atoms with E-state index in [4.69, 9.17) is 4.42 Å². The Hall–Kier alpha value is -6.94. The van der Waals surface area contributed by atoms with Crippen molar-refractivity contribution in [3.63, 3.8) is 0 Å². The zero-order chi connectivity index (χ0) is 36.3. The number of nitrogens with zero attached hydrogens (tertiary/aromatic N) is 1. The Labute approximate surface area is 322 Å². The number of thiophene rings is 1. The van der Waals surface area contributed by atoms with Gasteiger partial charge in [-0.2, -0.15) is 0 Å². The van der Waals surface area contributed by atoms with Crippen molar-refractivity contribution in [2.45, 2.75) is 0 Å². The molecular formula is C52H33NOS. The summed E-state index contributed by atoms with van der Waals surface area (Å²) in [5.41, 5.74) is 12.0. The van der Waals surface area contributed by atoms with Gasteiger partial charge in [0.15, 0.2) is 0 Å². The number of hydrogen-bond donors (Lipinski definition) is 0. The Morgan fingerprint density at radius 2 is 0.945 bits per heavy atom. The van der Waals surface area contributed by atoms with Crippen molar-refractivity contribution in [2.24, 2.45) is 0 Å². The third-order valence-corrected chi connectivity index (χ3v) is 12.1. The standard InChI is InChI=1S/C52H33NOS/c1-2-19-37-34(15-1)16-12-25-39(37)40-20-3-7-29-47(40)53(36-18-11-17-35(33-36)38-24-13-28-46-43-23-6-10-32-50(43)55-52(38)46)48-30-8-4-21-41(48)44-26-14-27-45-42-22-5-9-31-49(42)54-51(44)45/h1-33H. The van der Waals surface area contributed by atoms with Crippen LogP contribution in [0.5, 0.6) is 0 Å². The first-order valence-electron chi connectivity index (χ1n) is 18.7. The molecule has 258 valence electrons. The summed E-state index contributed by atoms with van der Waals surface area (Å²) in [7, 11) is 0. The van der Waals surface area contributed by atoms with Crippen molar-refractivity contribution >= 4 is 81.3 Å².